The van der Waals surface area contributed by atoms with Gasteiger partial charge in [-0.1, -0.05) is 115 Å². The predicted molar refractivity (Wildman–Crippen MR) is 200 cm³/mol. The molecule has 8 aromatic carbocycles. The van der Waals surface area contributed by atoms with Gasteiger partial charge < -0.3 is 0 Å². The maximum Gasteiger partial charge on any atom is 0.221 e. The maximum absolute atomic E-state index is 5.42. The number of fused-ring (bicyclic) bond motifs is 13. The molecule has 222 valence electrons. The highest BCUT2D eigenvalue weighted by Gasteiger charge is 2.23. The van der Waals surface area contributed by atoms with Gasteiger partial charge in [0.25, 0.3) is 0 Å². The van der Waals surface area contributed by atoms with Crippen molar-refractivity contribution in [3.8, 4) is 17.1 Å². The fourth-order valence-corrected chi connectivity index (χ4v) is 8.01. The van der Waals surface area contributed by atoms with Crippen molar-refractivity contribution in [1.29, 1.82) is 0 Å². The van der Waals surface area contributed by atoms with Crippen LogP contribution in [0.4, 0.5) is 0 Å². The third kappa shape index (κ3) is 3.38. The Hall–Kier alpha value is -6.52. The first-order chi connectivity index (χ1) is 23.8. The summed E-state index contributed by atoms with van der Waals surface area (Å²) in [4.78, 5) is 10.6. The van der Waals surface area contributed by atoms with Crippen LogP contribution in [0.5, 0.6) is 0 Å². The number of aromatic nitrogens is 4. The summed E-state index contributed by atoms with van der Waals surface area (Å²) in [6.07, 6.45) is 0. The van der Waals surface area contributed by atoms with Gasteiger partial charge >= 0.3 is 0 Å². The van der Waals surface area contributed by atoms with E-state index >= 15 is 0 Å². The molecule has 0 spiro atoms. The molecule has 0 saturated carbocycles. The highest BCUT2D eigenvalue weighted by atomic mass is 15.2. The Bertz CT molecular complexity index is 3130. The minimum Gasteiger partial charge on any atom is -0.278 e. The molecule has 4 nitrogen and oxygen atoms in total. The lowest BCUT2D eigenvalue weighted by atomic mass is 9.89. The first-order valence-corrected chi connectivity index (χ1v) is 16.4. The molecule has 0 atom stereocenters. The van der Waals surface area contributed by atoms with Crippen LogP contribution < -0.4 is 0 Å². The minimum atomic E-state index is 0.831. The van der Waals surface area contributed by atoms with Crippen LogP contribution in [0.3, 0.4) is 0 Å². The number of hydrogen-bond acceptors (Lipinski definition) is 2. The van der Waals surface area contributed by atoms with E-state index in [1.807, 2.05) is 0 Å². The van der Waals surface area contributed by atoms with Gasteiger partial charge in [-0.05, 0) is 80.5 Å². The standard InChI is InChI=1S/C44H26N4/c1-2-14-28-27(13-1)25-35(30-16-4-3-15-29(28)30)36-26-37-32-18-8-11-23-40(32)47(42(37)33-19-6-5-17-31(33)36)44-46-38-21-9-7-20-34(38)43-45-39-22-10-12-24-41(39)48(43)44/h1-26H. The first kappa shape index (κ1) is 25.6. The molecule has 0 saturated heterocycles. The summed E-state index contributed by atoms with van der Waals surface area (Å²) < 4.78 is 4.60. The van der Waals surface area contributed by atoms with Gasteiger partial charge in [0, 0.05) is 21.5 Å². The Morgan fingerprint density at radius 2 is 0.938 bits per heavy atom. The van der Waals surface area contributed by atoms with Crippen LogP contribution in [0.25, 0.3) is 98.8 Å². The van der Waals surface area contributed by atoms with Crippen molar-refractivity contribution in [3.05, 3.63) is 158 Å². The van der Waals surface area contributed by atoms with E-state index in [9.17, 15) is 0 Å². The predicted octanol–water partition coefficient (Wildman–Crippen LogP) is 11.3. The van der Waals surface area contributed by atoms with E-state index in [0.29, 0.717) is 0 Å². The fourth-order valence-electron chi connectivity index (χ4n) is 8.01. The zero-order valence-corrected chi connectivity index (χ0v) is 25.8. The Morgan fingerprint density at radius 3 is 1.75 bits per heavy atom. The number of nitrogens with zero attached hydrogens (tertiary/aromatic N) is 4. The summed E-state index contributed by atoms with van der Waals surface area (Å²) in [5.74, 6) is 0.831. The van der Waals surface area contributed by atoms with E-state index in [0.717, 1.165) is 44.6 Å². The highest BCUT2D eigenvalue weighted by molar-refractivity contribution is 6.24. The van der Waals surface area contributed by atoms with Crippen molar-refractivity contribution < 1.29 is 0 Å². The van der Waals surface area contributed by atoms with Gasteiger partial charge in [-0.3, -0.25) is 8.97 Å². The molecule has 0 bridgehead atoms. The van der Waals surface area contributed by atoms with Gasteiger partial charge in [0.15, 0.2) is 0 Å². The lowest BCUT2D eigenvalue weighted by Crippen LogP contribution is -2.06. The Kier molecular flexibility index (Phi) is 5.08. The smallest absolute Gasteiger partial charge is 0.221 e. The van der Waals surface area contributed by atoms with Crippen molar-refractivity contribution in [1.82, 2.24) is 18.9 Å². The van der Waals surface area contributed by atoms with Crippen LogP contribution >= 0.6 is 0 Å². The van der Waals surface area contributed by atoms with Crippen LogP contribution in [-0.4, -0.2) is 18.9 Å². The van der Waals surface area contributed by atoms with Gasteiger partial charge in [0.05, 0.1) is 27.6 Å². The van der Waals surface area contributed by atoms with Gasteiger partial charge in [-0.25, -0.2) is 9.97 Å². The summed E-state index contributed by atoms with van der Waals surface area (Å²) in [5.41, 5.74) is 8.54. The molecule has 48 heavy (non-hydrogen) atoms. The monoisotopic (exact) mass is 610 g/mol. The van der Waals surface area contributed by atoms with E-state index < -0.39 is 0 Å². The fraction of sp³-hybridized carbons (Fsp3) is 0. The lowest BCUT2D eigenvalue weighted by Gasteiger charge is -2.16. The third-order valence-corrected chi connectivity index (χ3v) is 10.1. The second-order valence-electron chi connectivity index (χ2n) is 12.6. The maximum atomic E-state index is 5.42. The molecule has 0 radical (unpaired) electrons. The van der Waals surface area contributed by atoms with Crippen LogP contribution in [-0.2, 0) is 0 Å². The summed E-state index contributed by atoms with van der Waals surface area (Å²) in [7, 11) is 0. The Morgan fingerprint density at radius 1 is 0.375 bits per heavy atom. The number of hydrogen-bond donors (Lipinski definition) is 0. The quantitative estimate of drug-likeness (QED) is 0.183. The van der Waals surface area contributed by atoms with E-state index in [4.69, 9.17) is 9.97 Å². The average molecular weight is 611 g/mol. The molecule has 0 fully saturated rings. The van der Waals surface area contributed by atoms with Gasteiger partial charge in [-0.2, -0.15) is 0 Å². The summed E-state index contributed by atoms with van der Waals surface area (Å²) in [5, 5.41) is 10.9. The number of para-hydroxylation sites is 4. The van der Waals surface area contributed by atoms with Crippen LogP contribution in [0.1, 0.15) is 0 Å². The molecule has 0 amide bonds. The molecule has 3 heterocycles. The Balaban J connectivity index is 1.35. The second-order valence-corrected chi connectivity index (χ2v) is 12.6. The molecule has 0 N–H and O–H groups in total. The summed E-state index contributed by atoms with van der Waals surface area (Å²) in [6, 6.07) is 56.6. The zero-order chi connectivity index (χ0) is 31.3. The molecule has 0 unspecified atom stereocenters. The van der Waals surface area contributed by atoms with Crippen molar-refractivity contribution >= 4 is 81.7 Å². The van der Waals surface area contributed by atoms with E-state index in [1.165, 1.54) is 54.2 Å². The van der Waals surface area contributed by atoms with E-state index in [2.05, 4.69) is 167 Å². The molecule has 0 aliphatic rings. The van der Waals surface area contributed by atoms with Gasteiger partial charge in [-0.15, -0.1) is 0 Å². The molecule has 11 aromatic rings. The minimum absolute atomic E-state index is 0.831. The van der Waals surface area contributed by atoms with Crippen molar-refractivity contribution in [2.24, 2.45) is 0 Å². The molecule has 4 heteroatoms. The molecular formula is C44H26N4. The SMILES string of the molecule is c1ccc2c(c1)cc(-c1cc3c4ccccc4n(-c4nc5ccccc5c5nc6ccccc6n45)c3c3ccccc13)c1ccccc12. The summed E-state index contributed by atoms with van der Waals surface area (Å²) in [6.45, 7) is 0. The molecular weight excluding hydrogens is 585 g/mol. The van der Waals surface area contributed by atoms with E-state index in [1.54, 1.807) is 0 Å². The number of benzene rings is 8. The first-order valence-electron chi connectivity index (χ1n) is 16.4. The lowest BCUT2D eigenvalue weighted by molar-refractivity contribution is 0.982. The van der Waals surface area contributed by atoms with E-state index in [-0.39, 0.29) is 0 Å². The largest absolute Gasteiger partial charge is 0.278 e. The zero-order valence-electron chi connectivity index (χ0n) is 25.8. The van der Waals surface area contributed by atoms with Crippen LogP contribution in [0.15, 0.2) is 158 Å². The van der Waals surface area contributed by atoms with Crippen molar-refractivity contribution in [3.63, 3.8) is 0 Å². The summed E-state index contributed by atoms with van der Waals surface area (Å²) >= 11 is 0. The topological polar surface area (TPSA) is 35.1 Å². The molecule has 0 aliphatic carbocycles. The molecule has 0 aliphatic heterocycles. The molecule has 3 aromatic heterocycles. The van der Waals surface area contributed by atoms with Gasteiger partial charge in [0.1, 0.15) is 5.65 Å². The van der Waals surface area contributed by atoms with Crippen LogP contribution in [0, 0.1) is 0 Å². The number of rotatable bonds is 2. The third-order valence-electron chi connectivity index (χ3n) is 10.1. The normalized spacial score (nSPS) is 12.2. The Labute approximate surface area is 274 Å². The second kappa shape index (κ2) is 9.50. The molecule has 11 rings (SSSR count). The van der Waals surface area contributed by atoms with Crippen molar-refractivity contribution in [2.75, 3.05) is 0 Å². The van der Waals surface area contributed by atoms with Gasteiger partial charge in [0.2, 0.25) is 5.95 Å². The van der Waals surface area contributed by atoms with Crippen LogP contribution in [0.2, 0.25) is 0 Å². The average Bonchev–Trinajstić information content (AvgIpc) is 3.71. The van der Waals surface area contributed by atoms with Crippen molar-refractivity contribution in [2.45, 2.75) is 0 Å². The number of imidazole rings is 1. The highest BCUT2D eigenvalue weighted by Crippen LogP contribution is 2.44.